The van der Waals surface area contributed by atoms with Crippen molar-refractivity contribution in [2.75, 3.05) is 7.05 Å². The SMILES string of the molecule is CN=C(NCc1coc(-c2ccc(C)cc2)n1)NC1CC1. The average molecular weight is 284 g/mol. The standard InChI is InChI=1S/C16H20N4O/c1-11-3-5-12(6-4-11)15-19-14(10-21-15)9-18-16(17-2)20-13-7-8-13/h3-6,10,13H,7-9H2,1-2H3,(H2,17,18,20). The molecule has 1 heterocycles. The fourth-order valence-electron chi connectivity index (χ4n) is 2.01. The third-order valence-electron chi connectivity index (χ3n) is 3.43. The normalized spacial score (nSPS) is 15.0. The maximum Gasteiger partial charge on any atom is 0.226 e. The summed E-state index contributed by atoms with van der Waals surface area (Å²) in [7, 11) is 1.78. The lowest BCUT2D eigenvalue weighted by Crippen LogP contribution is -2.38. The zero-order valence-electron chi connectivity index (χ0n) is 12.4. The fraction of sp³-hybridized carbons (Fsp3) is 0.375. The Labute approximate surface area is 124 Å². The topological polar surface area (TPSA) is 62.5 Å². The molecule has 1 fully saturated rings. The highest BCUT2D eigenvalue weighted by molar-refractivity contribution is 5.80. The summed E-state index contributed by atoms with van der Waals surface area (Å²) in [6.07, 6.45) is 4.14. The van der Waals surface area contributed by atoms with Crippen LogP contribution in [0.1, 0.15) is 24.1 Å². The lowest BCUT2D eigenvalue weighted by atomic mass is 10.1. The number of hydrogen-bond acceptors (Lipinski definition) is 3. The Morgan fingerprint density at radius 2 is 2.10 bits per heavy atom. The van der Waals surface area contributed by atoms with Crippen molar-refractivity contribution < 1.29 is 4.42 Å². The minimum Gasteiger partial charge on any atom is -0.444 e. The van der Waals surface area contributed by atoms with Gasteiger partial charge in [-0.25, -0.2) is 4.98 Å². The van der Waals surface area contributed by atoms with Gasteiger partial charge in [0.1, 0.15) is 6.26 Å². The molecule has 1 aromatic heterocycles. The molecule has 0 saturated heterocycles. The molecule has 0 aliphatic heterocycles. The summed E-state index contributed by atoms with van der Waals surface area (Å²) >= 11 is 0. The van der Waals surface area contributed by atoms with Crippen LogP contribution < -0.4 is 10.6 Å². The molecule has 2 aromatic rings. The molecular formula is C16H20N4O. The third-order valence-corrected chi connectivity index (χ3v) is 3.43. The van der Waals surface area contributed by atoms with Gasteiger partial charge >= 0.3 is 0 Å². The third kappa shape index (κ3) is 3.62. The Morgan fingerprint density at radius 3 is 2.76 bits per heavy atom. The highest BCUT2D eigenvalue weighted by Gasteiger charge is 2.22. The maximum absolute atomic E-state index is 5.54. The molecule has 21 heavy (non-hydrogen) atoms. The summed E-state index contributed by atoms with van der Waals surface area (Å²) in [6, 6.07) is 8.73. The van der Waals surface area contributed by atoms with Gasteiger partial charge in [0, 0.05) is 18.7 Å². The number of guanidine groups is 1. The van der Waals surface area contributed by atoms with Crippen molar-refractivity contribution >= 4 is 5.96 Å². The predicted octanol–water partition coefficient (Wildman–Crippen LogP) is 2.48. The molecule has 3 rings (SSSR count). The number of nitrogens with one attached hydrogen (secondary N) is 2. The second-order valence-corrected chi connectivity index (χ2v) is 5.35. The van der Waals surface area contributed by atoms with Gasteiger partial charge in [-0.15, -0.1) is 0 Å². The molecule has 0 bridgehead atoms. The van der Waals surface area contributed by atoms with E-state index in [4.69, 9.17) is 4.42 Å². The van der Waals surface area contributed by atoms with Crippen molar-refractivity contribution in [1.29, 1.82) is 0 Å². The summed E-state index contributed by atoms with van der Waals surface area (Å²) in [5, 5.41) is 6.58. The van der Waals surface area contributed by atoms with E-state index in [2.05, 4.69) is 39.7 Å². The predicted molar refractivity (Wildman–Crippen MR) is 83.0 cm³/mol. The van der Waals surface area contributed by atoms with Gasteiger partial charge in [-0.2, -0.15) is 0 Å². The highest BCUT2D eigenvalue weighted by atomic mass is 16.3. The van der Waals surface area contributed by atoms with Gasteiger partial charge in [0.25, 0.3) is 0 Å². The van der Waals surface area contributed by atoms with Crippen molar-refractivity contribution in [3.05, 3.63) is 41.8 Å². The van der Waals surface area contributed by atoms with Crippen LogP contribution in [-0.4, -0.2) is 24.0 Å². The van der Waals surface area contributed by atoms with Gasteiger partial charge < -0.3 is 15.1 Å². The van der Waals surface area contributed by atoms with Crippen LogP contribution in [0.3, 0.4) is 0 Å². The Hall–Kier alpha value is -2.30. The Kier molecular flexibility index (Phi) is 3.90. The van der Waals surface area contributed by atoms with E-state index >= 15 is 0 Å². The first-order valence-electron chi connectivity index (χ1n) is 7.23. The second kappa shape index (κ2) is 5.99. The van der Waals surface area contributed by atoms with Crippen LogP contribution in [-0.2, 0) is 6.54 Å². The first-order chi connectivity index (χ1) is 10.2. The average Bonchev–Trinajstić information content (AvgIpc) is 3.19. The van der Waals surface area contributed by atoms with Crippen LogP contribution in [0.25, 0.3) is 11.5 Å². The fourth-order valence-corrected chi connectivity index (χ4v) is 2.01. The number of aromatic nitrogens is 1. The Bertz CT molecular complexity index is 626. The van der Waals surface area contributed by atoms with E-state index in [1.54, 1.807) is 13.3 Å². The van der Waals surface area contributed by atoms with Crippen LogP contribution in [0.4, 0.5) is 0 Å². The molecule has 2 N–H and O–H groups in total. The van der Waals surface area contributed by atoms with Crippen LogP contribution in [0.15, 0.2) is 39.9 Å². The minimum absolute atomic E-state index is 0.580. The van der Waals surface area contributed by atoms with Crippen molar-refractivity contribution in [3.63, 3.8) is 0 Å². The van der Waals surface area contributed by atoms with Crippen LogP contribution in [0.5, 0.6) is 0 Å². The van der Waals surface area contributed by atoms with Gasteiger partial charge in [-0.3, -0.25) is 4.99 Å². The molecule has 5 nitrogen and oxygen atoms in total. The van der Waals surface area contributed by atoms with Crippen LogP contribution >= 0.6 is 0 Å². The molecule has 1 saturated carbocycles. The van der Waals surface area contributed by atoms with E-state index in [-0.39, 0.29) is 0 Å². The maximum atomic E-state index is 5.54. The lowest BCUT2D eigenvalue weighted by Gasteiger charge is -2.09. The van der Waals surface area contributed by atoms with Gasteiger partial charge in [-0.1, -0.05) is 17.7 Å². The second-order valence-electron chi connectivity index (χ2n) is 5.35. The number of rotatable bonds is 4. The first kappa shape index (κ1) is 13.7. The number of aryl methyl sites for hydroxylation is 1. The zero-order valence-corrected chi connectivity index (χ0v) is 12.4. The van der Waals surface area contributed by atoms with Gasteiger partial charge in [0.2, 0.25) is 5.89 Å². The van der Waals surface area contributed by atoms with Crippen molar-refractivity contribution in [3.8, 4) is 11.5 Å². The van der Waals surface area contributed by atoms with Gasteiger partial charge in [0.05, 0.1) is 12.2 Å². The number of benzene rings is 1. The van der Waals surface area contributed by atoms with E-state index < -0.39 is 0 Å². The first-order valence-corrected chi connectivity index (χ1v) is 7.23. The summed E-state index contributed by atoms with van der Waals surface area (Å²) < 4.78 is 5.54. The molecule has 1 aliphatic rings. The number of oxazole rings is 1. The summed E-state index contributed by atoms with van der Waals surface area (Å²) in [5.41, 5.74) is 3.08. The van der Waals surface area contributed by atoms with Gasteiger partial charge in [-0.05, 0) is 31.9 Å². The molecule has 0 spiro atoms. The van der Waals surface area contributed by atoms with E-state index in [0.29, 0.717) is 18.5 Å². The number of aliphatic imine (C=N–C) groups is 1. The molecule has 0 amide bonds. The molecule has 1 aliphatic carbocycles. The smallest absolute Gasteiger partial charge is 0.226 e. The summed E-state index contributed by atoms with van der Waals surface area (Å²) in [6.45, 7) is 2.66. The minimum atomic E-state index is 0.580. The zero-order chi connectivity index (χ0) is 14.7. The Balaban J connectivity index is 1.60. The van der Waals surface area contributed by atoms with Gasteiger partial charge in [0.15, 0.2) is 5.96 Å². The summed E-state index contributed by atoms with van der Waals surface area (Å²) in [4.78, 5) is 8.69. The monoisotopic (exact) mass is 284 g/mol. The number of nitrogens with zero attached hydrogens (tertiary/aromatic N) is 2. The van der Waals surface area contributed by atoms with Crippen molar-refractivity contribution in [1.82, 2.24) is 15.6 Å². The lowest BCUT2D eigenvalue weighted by molar-refractivity contribution is 0.572. The Morgan fingerprint density at radius 1 is 1.33 bits per heavy atom. The molecule has 0 atom stereocenters. The van der Waals surface area contributed by atoms with Crippen LogP contribution in [0, 0.1) is 6.92 Å². The van der Waals surface area contributed by atoms with Crippen molar-refractivity contribution in [2.24, 2.45) is 4.99 Å². The molecule has 5 heteroatoms. The molecule has 1 aromatic carbocycles. The molecule has 0 unspecified atom stereocenters. The molecule has 0 radical (unpaired) electrons. The molecular weight excluding hydrogens is 264 g/mol. The quantitative estimate of drug-likeness (QED) is 0.669. The largest absolute Gasteiger partial charge is 0.444 e. The highest BCUT2D eigenvalue weighted by Crippen LogP contribution is 2.19. The van der Waals surface area contributed by atoms with E-state index in [9.17, 15) is 0 Å². The summed E-state index contributed by atoms with van der Waals surface area (Å²) in [5.74, 6) is 1.47. The van der Waals surface area contributed by atoms with E-state index in [1.165, 1.54) is 18.4 Å². The van der Waals surface area contributed by atoms with Crippen molar-refractivity contribution in [2.45, 2.75) is 32.4 Å². The molecule has 110 valence electrons. The van der Waals surface area contributed by atoms with E-state index in [0.717, 1.165) is 17.2 Å². The number of hydrogen-bond donors (Lipinski definition) is 2. The van der Waals surface area contributed by atoms with E-state index in [1.807, 2.05) is 12.1 Å². The van der Waals surface area contributed by atoms with Crippen LogP contribution in [0.2, 0.25) is 0 Å².